The van der Waals surface area contributed by atoms with Gasteiger partial charge in [0, 0.05) is 6.54 Å². The van der Waals surface area contributed by atoms with Gasteiger partial charge in [0.25, 0.3) is 0 Å². The van der Waals surface area contributed by atoms with Crippen LogP contribution in [0.1, 0.15) is 0 Å². The highest BCUT2D eigenvalue weighted by molar-refractivity contribution is 6.35. The molecule has 0 amide bonds. The van der Waals surface area contributed by atoms with Gasteiger partial charge in [-0.15, -0.1) is 0 Å². The number of allylic oxidation sites excluding steroid dienone is 1. The van der Waals surface area contributed by atoms with Gasteiger partial charge in [0.2, 0.25) is 5.28 Å². The Balaban J connectivity index is 2.58. The summed E-state index contributed by atoms with van der Waals surface area (Å²) in [6.45, 7) is 0.316. The standard InChI is InChI=1S/C8H5Cl2FN4/c9-6-5-7(14-8(10)13-6)15(4-12-5)3-1-2-11/h1-2,4H,3H2. The maximum absolute atomic E-state index is 11.8. The summed E-state index contributed by atoms with van der Waals surface area (Å²) >= 11 is 11.5. The summed E-state index contributed by atoms with van der Waals surface area (Å²) in [5.74, 6) is 0. The fourth-order valence-corrected chi connectivity index (χ4v) is 1.59. The van der Waals surface area contributed by atoms with Crippen LogP contribution in [0.25, 0.3) is 11.2 Å². The molecule has 0 saturated carbocycles. The highest BCUT2D eigenvalue weighted by Gasteiger charge is 2.09. The predicted octanol–water partition coefficient (Wildman–Crippen LogP) is 2.62. The Morgan fingerprint density at radius 1 is 1.40 bits per heavy atom. The fraction of sp³-hybridized carbons (Fsp3) is 0.125. The van der Waals surface area contributed by atoms with Crippen LogP contribution in [0.5, 0.6) is 0 Å². The molecule has 4 nitrogen and oxygen atoms in total. The molecule has 0 aliphatic carbocycles. The highest BCUT2D eigenvalue weighted by atomic mass is 35.5. The topological polar surface area (TPSA) is 43.6 Å². The third kappa shape index (κ3) is 1.93. The molecule has 2 rings (SSSR count). The van der Waals surface area contributed by atoms with Crippen molar-refractivity contribution in [1.29, 1.82) is 0 Å². The van der Waals surface area contributed by atoms with Crippen LogP contribution in [0.15, 0.2) is 18.7 Å². The largest absolute Gasteiger partial charge is 0.311 e. The molecule has 7 heteroatoms. The molecule has 0 unspecified atom stereocenters. The SMILES string of the molecule is FC=CCn1cnc2c(Cl)nc(Cl)nc21. The van der Waals surface area contributed by atoms with Crippen molar-refractivity contribution in [3.63, 3.8) is 0 Å². The molecule has 0 radical (unpaired) electrons. The van der Waals surface area contributed by atoms with E-state index in [0.717, 1.165) is 0 Å². The summed E-state index contributed by atoms with van der Waals surface area (Å²) in [6.07, 6.45) is 3.28. The summed E-state index contributed by atoms with van der Waals surface area (Å²) in [5, 5.41) is 0.228. The smallest absolute Gasteiger partial charge is 0.225 e. The zero-order chi connectivity index (χ0) is 10.8. The lowest BCUT2D eigenvalue weighted by Gasteiger charge is -1.98. The van der Waals surface area contributed by atoms with Gasteiger partial charge in [0.05, 0.1) is 12.7 Å². The van der Waals surface area contributed by atoms with E-state index in [-0.39, 0.29) is 10.4 Å². The molecule has 2 heterocycles. The third-order valence-corrected chi connectivity index (χ3v) is 2.22. The molecule has 0 bridgehead atoms. The minimum atomic E-state index is 0.0403. The van der Waals surface area contributed by atoms with E-state index in [4.69, 9.17) is 23.2 Å². The van der Waals surface area contributed by atoms with Gasteiger partial charge < -0.3 is 4.57 Å². The van der Waals surface area contributed by atoms with E-state index in [2.05, 4.69) is 15.0 Å². The van der Waals surface area contributed by atoms with Gasteiger partial charge >= 0.3 is 0 Å². The maximum Gasteiger partial charge on any atom is 0.225 e. The lowest BCUT2D eigenvalue weighted by Crippen LogP contribution is -1.95. The number of aromatic nitrogens is 4. The average molecular weight is 247 g/mol. The fourth-order valence-electron chi connectivity index (χ4n) is 1.17. The van der Waals surface area contributed by atoms with Crippen LogP contribution >= 0.6 is 23.2 Å². The highest BCUT2D eigenvalue weighted by Crippen LogP contribution is 2.20. The monoisotopic (exact) mass is 246 g/mol. The van der Waals surface area contributed by atoms with Crippen molar-refractivity contribution in [1.82, 2.24) is 19.5 Å². The van der Waals surface area contributed by atoms with Gasteiger partial charge in [-0.2, -0.15) is 4.98 Å². The van der Waals surface area contributed by atoms with E-state index in [9.17, 15) is 4.39 Å². The zero-order valence-electron chi connectivity index (χ0n) is 7.36. The molecule has 15 heavy (non-hydrogen) atoms. The maximum atomic E-state index is 11.8. The molecule has 0 fully saturated rings. The Labute approximate surface area is 94.4 Å². The van der Waals surface area contributed by atoms with Gasteiger partial charge in [-0.3, -0.25) is 0 Å². The van der Waals surface area contributed by atoms with E-state index in [0.29, 0.717) is 24.0 Å². The predicted molar refractivity (Wildman–Crippen MR) is 55.6 cm³/mol. The molecule has 0 atom stereocenters. The molecule has 0 aromatic carbocycles. The summed E-state index contributed by atoms with van der Waals surface area (Å²) in [6, 6.07) is 0. The van der Waals surface area contributed by atoms with Crippen molar-refractivity contribution in [3.8, 4) is 0 Å². The summed E-state index contributed by atoms with van der Waals surface area (Å²) in [5.41, 5.74) is 0.937. The van der Waals surface area contributed by atoms with Crippen LogP contribution in [-0.2, 0) is 6.54 Å². The van der Waals surface area contributed by atoms with Crippen molar-refractivity contribution >= 4 is 34.4 Å². The normalized spacial score (nSPS) is 11.7. The van der Waals surface area contributed by atoms with Crippen molar-refractivity contribution < 1.29 is 4.39 Å². The first-order valence-electron chi connectivity index (χ1n) is 4.01. The van der Waals surface area contributed by atoms with E-state index < -0.39 is 0 Å². The van der Waals surface area contributed by atoms with Crippen LogP contribution in [0, 0.1) is 0 Å². The molecule has 0 saturated heterocycles. The first-order chi connectivity index (χ1) is 7.22. The molecule has 0 spiro atoms. The lowest BCUT2D eigenvalue weighted by molar-refractivity contribution is 0.704. The van der Waals surface area contributed by atoms with Crippen LogP contribution in [0.4, 0.5) is 4.39 Å². The van der Waals surface area contributed by atoms with Gasteiger partial charge in [0.15, 0.2) is 10.8 Å². The Kier molecular flexibility index (Phi) is 2.83. The Hall–Kier alpha value is -1.20. The van der Waals surface area contributed by atoms with Crippen molar-refractivity contribution in [2.45, 2.75) is 6.54 Å². The van der Waals surface area contributed by atoms with Gasteiger partial charge in [0.1, 0.15) is 5.52 Å². The van der Waals surface area contributed by atoms with E-state index in [1.54, 1.807) is 4.57 Å². The second-order valence-corrected chi connectivity index (χ2v) is 3.41. The van der Waals surface area contributed by atoms with E-state index >= 15 is 0 Å². The summed E-state index contributed by atoms with van der Waals surface area (Å²) in [4.78, 5) is 11.7. The molecule has 0 aliphatic rings. The molecule has 0 N–H and O–H groups in total. The molecule has 78 valence electrons. The Bertz CT molecular complexity index is 523. The number of hydrogen-bond acceptors (Lipinski definition) is 3. The molecule has 2 aromatic heterocycles. The summed E-state index contributed by atoms with van der Waals surface area (Å²) in [7, 11) is 0. The van der Waals surface area contributed by atoms with Crippen LogP contribution in [0.2, 0.25) is 10.4 Å². The molecule has 0 aliphatic heterocycles. The van der Waals surface area contributed by atoms with Crippen molar-refractivity contribution in [3.05, 3.63) is 29.2 Å². The number of rotatable bonds is 2. The second kappa shape index (κ2) is 4.12. The Morgan fingerprint density at radius 2 is 2.20 bits per heavy atom. The number of nitrogens with zero attached hydrogens (tertiary/aromatic N) is 4. The van der Waals surface area contributed by atoms with Gasteiger partial charge in [-0.1, -0.05) is 11.6 Å². The van der Waals surface area contributed by atoms with Crippen molar-refractivity contribution in [2.24, 2.45) is 0 Å². The van der Waals surface area contributed by atoms with Crippen LogP contribution in [0.3, 0.4) is 0 Å². The van der Waals surface area contributed by atoms with Crippen LogP contribution < -0.4 is 0 Å². The Morgan fingerprint density at radius 3 is 2.93 bits per heavy atom. The number of hydrogen-bond donors (Lipinski definition) is 0. The third-order valence-electron chi connectivity index (χ3n) is 1.79. The number of halogens is 3. The number of imidazole rings is 1. The first-order valence-corrected chi connectivity index (χ1v) is 4.77. The molecule has 2 aromatic rings. The van der Waals surface area contributed by atoms with Gasteiger partial charge in [-0.25, -0.2) is 14.4 Å². The molecular formula is C8H5Cl2FN4. The van der Waals surface area contributed by atoms with E-state index in [1.165, 1.54) is 12.4 Å². The second-order valence-electron chi connectivity index (χ2n) is 2.71. The molecular weight excluding hydrogens is 242 g/mol. The quantitative estimate of drug-likeness (QED) is 0.605. The first kappa shape index (κ1) is 10.3. The zero-order valence-corrected chi connectivity index (χ0v) is 8.87. The minimum absolute atomic E-state index is 0.0403. The minimum Gasteiger partial charge on any atom is -0.311 e. The summed E-state index contributed by atoms with van der Waals surface area (Å²) < 4.78 is 13.5. The average Bonchev–Trinajstić information content (AvgIpc) is 2.58. The van der Waals surface area contributed by atoms with Crippen LogP contribution in [-0.4, -0.2) is 19.5 Å². The number of fused-ring (bicyclic) bond motifs is 1. The van der Waals surface area contributed by atoms with Gasteiger partial charge in [-0.05, 0) is 17.7 Å². The lowest BCUT2D eigenvalue weighted by atomic mass is 10.5. The van der Waals surface area contributed by atoms with Crippen molar-refractivity contribution in [2.75, 3.05) is 0 Å². The van der Waals surface area contributed by atoms with E-state index in [1.807, 2.05) is 0 Å².